The van der Waals surface area contributed by atoms with Crippen LogP contribution in [0.5, 0.6) is 0 Å². The number of halogens is 1. The number of nitrogens with zero attached hydrogens (tertiary/aromatic N) is 3. The highest BCUT2D eigenvalue weighted by atomic mass is 35.5. The summed E-state index contributed by atoms with van der Waals surface area (Å²) in [6.07, 6.45) is 3.32. The van der Waals surface area contributed by atoms with E-state index >= 15 is 0 Å². The molecule has 0 spiro atoms. The molecule has 2 heterocycles. The summed E-state index contributed by atoms with van der Waals surface area (Å²) in [5, 5.41) is 1.03. The molecule has 0 bridgehead atoms. The standard InChI is InChI=1S/C12H15ClN4S/c1-7-10(3-4-13)18-11(16-7)5-9-6-15-8(2)17-12(9)14/h6H,3-5H2,1-2H3,(H2,14,15,17). The molecule has 0 aliphatic carbocycles. The van der Waals surface area contributed by atoms with E-state index in [2.05, 4.69) is 15.0 Å². The van der Waals surface area contributed by atoms with E-state index in [0.717, 1.165) is 22.7 Å². The van der Waals surface area contributed by atoms with Crippen LogP contribution in [-0.4, -0.2) is 20.8 Å². The molecule has 2 N–H and O–H groups in total. The smallest absolute Gasteiger partial charge is 0.130 e. The Hall–Kier alpha value is -1.20. The van der Waals surface area contributed by atoms with Gasteiger partial charge in [0.15, 0.2) is 0 Å². The van der Waals surface area contributed by atoms with Gasteiger partial charge in [-0.15, -0.1) is 22.9 Å². The zero-order valence-corrected chi connectivity index (χ0v) is 12.0. The average Bonchev–Trinajstić information content (AvgIpc) is 2.64. The molecular formula is C12H15ClN4S. The van der Waals surface area contributed by atoms with Gasteiger partial charge in [-0.25, -0.2) is 15.0 Å². The maximum Gasteiger partial charge on any atom is 0.130 e. The van der Waals surface area contributed by atoms with Crippen molar-refractivity contribution < 1.29 is 0 Å². The predicted molar refractivity (Wildman–Crippen MR) is 75.3 cm³/mol. The van der Waals surface area contributed by atoms with Crippen molar-refractivity contribution in [2.75, 3.05) is 11.6 Å². The summed E-state index contributed by atoms with van der Waals surface area (Å²) in [7, 11) is 0. The Balaban J connectivity index is 2.20. The van der Waals surface area contributed by atoms with Crippen molar-refractivity contribution in [2.45, 2.75) is 26.7 Å². The van der Waals surface area contributed by atoms with E-state index < -0.39 is 0 Å². The lowest BCUT2D eigenvalue weighted by atomic mass is 10.2. The second kappa shape index (κ2) is 5.63. The number of hydrogen-bond acceptors (Lipinski definition) is 5. The van der Waals surface area contributed by atoms with E-state index in [1.165, 1.54) is 4.88 Å². The van der Waals surface area contributed by atoms with E-state index in [4.69, 9.17) is 17.3 Å². The monoisotopic (exact) mass is 282 g/mol. The summed E-state index contributed by atoms with van der Waals surface area (Å²) in [5.74, 6) is 1.85. The van der Waals surface area contributed by atoms with Crippen LogP contribution < -0.4 is 5.73 Å². The highest BCUT2D eigenvalue weighted by Crippen LogP contribution is 2.22. The minimum atomic E-state index is 0.536. The van der Waals surface area contributed by atoms with Crippen LogP contribution in [0.1, 0.15) is 27.0 Å². The van der Waals surface area contributed by atoms with Crippen molar-refractivity contribution >= 4 is 28.8 Å². The molecule has 0 aromatic carbocycles. The summed E-state index contributed by atoms with van der Waals surface area (Å²) in [6, 6.07) is 0. The fourth-order valence-corrected chi connectivity index (χ4v) is 3.09. The summed E-state index contributed by atoms with van der Waals surface area (Å²) >= 11 is 7.44. The fraction of sp³-hybridized carbons (Fsp3) is 0.417. The van der Waals surface area contributed by atoms with Crippen LogP contribution in [0.15, 0.2) is 6.20 Å². The molecule has 6 heteroatoms. The van der Waals surface area contributed by atoms with E-state index in [0.29, 0.717) is 23.9 Å². The molecule has 96 valence electrons. The van der Waals surface area contributed by atoms with Gasteiger partial charge < -0.3 is 5.73 Å². The predicted octanol–water partition coefficient (Wildman–Crippen LogP) is 2.50. The SMILES string of the molecule is Cc1ncc(Cc2nc(C)c(CCCl)s2)c(N)n1. The van der Waals surface area contributed by atoms with Crippen LogP contribution in [0.3, 0.4) is 0 Å². The zero-order valence-electron chi connectivity index (χ0n) is 10.4. The summed E-state index contributed by atoms with van der Waals surface area (Å²) in [6.45, 7) is 3.84. The highest BCUT2D eigenvalue weighted by Gasteiger charge is 2.10. The summed E-state index contributed by atoms with van der Waals surface area (Å²) in [5.41, 5.74) is 7.86. The first-order valence-corrected chi connectivity index (χ1v) is 7.04. The summed E-state index contributed by atoms with van der Waals surface area (Å²) in [4.78, 5) is 14.1. The molecular weight excluding hydrogens is 268 g/mol. The van der Waals surface area contributed by atoms with Gasteiger partial charge in [-0.3, -0.25) is 0 Å². The molecule has 0 saturated heterocycles. The van der Waals surface area contributed by atoms with Gasteiger partial charge >= 0.3 is 0 Å². The second-order valence-electron chi connectivity index (χ2n) is 4.06. The molecule has 0 aliphatic rings. The topological polar surface area (TPSA) is 64.7 Å². The van der Waals surface area contributed by atoms with Crippen molar-refractivity contribution in [3.05, 3.63) is 33.2 Å². The Morgan fingerprint density at radius 1 is 1.33 bits per heavy atom. The van der Waals surface area contributed by atoms with Crippen molar-refractivity contribution in [1.82, 2.24) is 15.0 Å². The van der Waals surface area contributed by atoms with Crippen LogP contribution in [0, 0.1) is 13.8 Å². The Labute approximate surface area is 115 Å². The second-order valence-corrected chi connectivity index (χ2v) is 5.61. The third-order valence-electron chi connectivity index (χ3n) is 2.62. The number of rotatable bonds is 4. The lowest BCUT2D eigenvalue weighted by Crippen LogP contribution is -2.01. The molecule has 0 aliphatic heterocycles. The van der Waals surface area contributed by atoms with E-state index in [-0.39, 0.29) is 0 Å². The maximum absolute atomic E-state index is 5.88. The number of hydrogen-bond donors (Lipinski definition) is 1. The lowest BCUT2D eigenvalue weighted by Gasteiger charge is -2.02. The Kier molecular flexibility index (Phi) is 4.14. The van der Waals surface area contributed by atoms with Gasteiger partial charge in [0, 0.05) is 28.9 Å². The molecule has 0 unspecified atom stereocenters. The van der Waals surface area contributed by atoms with Gasteiger partial charge in [-0.2, -0.15) is 0 Å². The van der Waals surface area contributed by atoms with Crippen molar-refractivity contribution in [3.8, 4) is 0 Å². The Morgan fingerprint density at radius 2 is 2.11 bits per heavy atom. The number of anilines is 1. The molecule has 2 aromatic heterocycles. The molecule has 0 amide bonds. The quantitative estimate of drug-likeness (QED) is 0.875. The number of nitrogens with two attached hydrogens (primary N) is 1. The third-order valence-corrected chi connectivity index (χ3v) is 4.02. The first-order chi connectivity index (χ1) is 8.60. The van der Waals surface area contributed by atoms with Crippen molar-refractivity contribution in [3.63, 3.8) is 0 Å². The molecule has 0 radical (unpaired) electrons. The maximum atomic E-state index is 5.88. The first-order valence-electron chi connectivity index (χ1n) is 5.69. The van der Waals surface area contributed by atoms with Crippen molar-refractivity contribution in [2.24, 2.45) is 0 Å². The van der Waals surface area contributed by atoms with Crippen LogP contribution >= 0.6 is 22.9 Å². The van der Waals surface area contributed by atoms with E-state index in [1.807, 2.05) is 13.8 Å². The molecule has 4 nitrogen and oxygen atoms in total. The van der Waals surface area contributed by atoms with Gasteiger partial charge in [-0.1, -0.05) is 0 Å². The van der Waals surface area contributed by atoms with E-state index in [9.17, 15) is 0 Å². The number of alkyl halides is 1. The van der Waals surface area contributed by atoms with Gasteiger partial charge in [0.2, 0.25) is 0 Å². The fourth-order valence-electron chi connectivity index (χ4n) is 1.69. The number of thiazole rings is 1. The Bertz CT molecular complexity index is 553. The minimum absolute atomic E-state index is 0.536. The average molecular weight is 283 g/mol. The third kappa shape index (κ3) is 2.97. The number of aryl methyl sites for hydroxylation is 3. The lowest BCUT2D eigenvalue weighted by molar-refractivity contribution is 1.00. The normalized spacial score (nSPS) is 10.8. The highest BCUT2D eigenvalue weighted by molar-refractivity contribution is 7.11. The van der Waals surface area contributed by atoms with Crippen LogP contribution in [0.4, 0.5) is 5.82 Å². The zero-order chi connectivity index (χ0) is 13.1. The minimum Gasteiger partial charge on any atom is -0.383 e. The number of nitrogen functional groups attached to an aromatic ring is 1. The summed E-state index contributed by atoms with van der Waals surface area (Å²) < 4.78 is 0. The van der Waals surface area contributed by atoms with Gasteiger partial charge in [0.05, 0.1) is 10.7 Å². The largest absolute Gasteiger partial charge is 0.383 e. The molecule has 2 rings (SSSR count). The van der Waals surface area contributed by atoms with Gasteiger partial charge in [-0.05, 0) is 20.3 Å². The van der Waals surface area contributed by atoms with Gasteiger partial charge in [0.25, 0.3) is 0 Å². The molecule has 0 saturated carbocycles. The molecule has 0 fully saturated rings. The van der Waals surface area contributed by atoms with Crippen LogP contribution in [0.25, 0.3) is 0 Å². The van der Waals surface area contributed by atoms with Crippen LogP contribution in [0.2, 0.25) is 0 Å². The first kappa shape index (κ1) is 13.2. The van der Waals surface area contributed by atoms with Crippen LogP contribution in [-0.2, 0) is 12.8 Å². The van der Waals surface area contributed by atoms with E-state index in [1.54, 1.807) is 17.5 Å². The molecule has 2 aromatic rings. The molecule has 0 atom stereocenters. The Morgan fingerprint density at radius 3 is 2.78 bits per heavy atom. The van der Waals surface area contributed by atoms with Gasteiger partial charge in [0.1, 0.15) is 11.6 Å². The number of aromatic nitrogens is 3. The van der Waals surface area contributed by atoms with Crippen molar-refractivity contribution in [1.29, 1.82) is 0 Å². The molecule has 18 heavy (non-hydrogen) atoms.